The molecule has 6 heterocycles. The van der Waals surface area contributed by atoms with E-state index in [1.54, 1.807) is 31.2 Å². The van der Waals surface area contributed by atoms with Crippen molar-refractivity contribution in [3.63, 3.8) is 0 Å². The van der Waals surface area contributed by atoms with E-state index in [9.17, 15) is 0 Å². The van der Waals surface area contributed by atoms with E-state index in [0.717, 1.165) is 166 Å². The van der Waals surface area contributed by atoms with Crippen LogP contribution >= 0.6 is 0 Å². The molecule has 0 radical (unpaired) electrons. The third-order valence-corrected chi connectivity index (χ3v) is 21.8. The van der Waals surface area contributed by atoms with Crippen LogP contribution in [0.2, 0.25) is 0 Å². The number of hydrogen-bond acceptors (Lipinski definition) is 15. The lowest BCUT2D eigenvalue weighted by Crippen LogP contribution is -2.01. The van der Waals surface area contributed by atoms with Crippen LogP contribution in [0.5, 0.6) is 0 Å². The predicted octanol–water partition coefficient (Wildman–Crippen LogP) is 24.4. The summed E-state index contributed by atoms with van der Waals surface area (Å²) in [6.45, 7) is 0. The van der Waals surface area contributed by atoms with Crippen molar-refractivity contribution in [2.24, 2.45) is 0 Å². The van der Waals surface area contributed by atoms with E-state index in [2.05, 4.69) is 248 Å². The molecule has 21 aromatic rings. The van der Waals surface area contributed by atoms with Crippen LogP contribution in [0.15, 0.2) is 395 Å². The third kappa shape index (κ3) is 13.9. The van der Waals surface area contributed by atoms with Crippen molar-refractivity contribution in [1.29, 1.82) is 0 Å². The number of hydrogen-bond donors (Lipinski definition) is 0. The van der Waals surface area contributed by atoms with E-state index in [4.69, 9.17) is 44.9 Å². The first kappa shape index (κ1) is 71.2. The Bertz CT molecular complexity index is 7310. The third-order valence-electron chi connectivity index (χ3n) is 21.8. The van der Waals surface area contributed by atoms with E-state index in [1.807, 2.05) is 146 Å². The second-order valence-electron chi connectivity index (χ2n) is 29.1. The van der Waals surface area contributed by atoms with Gasteiger partial charge in [-0.15, -0.1) is 0 Å². The molecule has 560 valence electrons. The molecule has 0 bridgehead atoms. The second-order valence-corrected chi connectivity index (χ2v) is 29.1. The number of nitrogens with zero attached hydrogens (tertiary/aromatic N) is 15. The van der Waals surface area contributed by atoms with E-state index >= 15 is 0 Å². The van der Waals surface area contributed by atoms with Gasteiger partial charge in [-0.05, 0) is 89.5 Å². The SMILES string of the molecule is c1ccc(-c2nc(-c3ccc(-c4ccc(-c5ccc(-c6cncnc6)cc5)c5c(-c6nc(-c7ccccc7)nc(-c7ccc(-c8ccc(-c9ccc(-c%10ccncn%10)cc9)c9c(-c%10nc(-c%11ccccc%11)nc(-c%11ccccc%11)n%10)cccc89)cc7)n6)cccc45)cc3)nc(-c3cccc4cccc(-c5ccc(-c6ncccn6)cc5)c34)n2)cc1. The molecule has 15 aromatic carbocycles. The van der Waals surface area contributed by atoms with Crippen LogP contribution in [0.25, 0.3) is 224 Å². The number of fused-ring (bicyclic) bond motifs is 3. The molecular weight excluding hydrogens is 1470 g/mol. The highest BCUT2D eigenvalue weighted by molar-refractivity contribution is 6.14. The minimum absolute atomic E-state index is 0.512. The van der Waals surface area contributed by atoms with Crippen molar-refractivity contribution in [3.8, 4) is 192 Å². The lowest BCUT2D eigenvalue weighted by molar-refractivity contribution is 1.08. The monoisotopic (exact) mass is 1540 g/mol. The van der Waals surface area contributed by atoms with Crippen LogP contribution in [-0.2, 0) is 0 Å². The summed E-state index contributed by atoms with van der Waals surface area (Å²) in [5, 5.41) is 6.06. The normalized spacial score (nSPS) is 11.3. The highest BCUT2D eigenvalue weighted by Gasteiger charge is 2.25. The summed E-state index contributed by atoms with van der Waals surface area (Å²) in [6.07, 6.45) is 12.1. The molecule has 0 amide bonds. The molecule has 0 saturated heterocycles. The van der Waals surface area contributed by atoms with Gasteiger partial charge in [-0.25, -0.2) is 74.8 Å². The molecule has 0 unspecified atom stereocenters. The second kappa shape index (κ2) is 31.3. The lowest BCUT2D eigenvalue weighted by atomic mass is 9.88. The van der Waals surface area contributed by atoms with Gasteiger partial charge < -0.3 is 0 Å². The zero-order chi connectivity index (χ0) is 79.7. The number of benzene rings is 15. The van der Waals surface area contributed by atoms with Gasteiger partial charge in [0.1, 0.15) is 12.7 Å². The van der Waals surface area contributed by atoms with Gasteiger partial charge in [0.25, 0.3) is 0 Å². The number of aromatic nitrogens is 15. The van der Waals surface area contributed by atoms with E-state index in [1.165, 1.54) is 0 Å². The maximum Gasteiger partial charge on any atom is 0.164 e. The summed E-state index contributed by atoms with van der Waals surface area (Å²) in [5.41, 5.74) is 22.5. The summed E-state index contributed by atoms with van der Waals surface area (Å²) in [4.78, 5) is 74.3. The van der Waals surface area contributed by atoms with Crippen molar-refractivity contribution in [1.82, 2.24) is 74.8 Å². The maximum absolute atomic E-state index is 5.53. The minimum atomic E-state index is 0.512. The maximum atomic E-state index is 5.53. The molecule has 120 heavy (non-hydrogen) atoms. The van der Waals surface area contributed by atoms with Crippen molar-refractivity contribution in [3.05, 3.63) is 395 Å². The van der Waals surface area contributed by atoms with Gasteiger partial charge in [0.05, 0.1) is 5.69 Å². The zero-order valence-electron chi connectivity index (χ0n) is 64.2. The summed E-state index contributed by atoms with van der Waals surface area (Å²) in [5.74, 6) is 5.59. The van der Waals surface area contributed by atoms with Crippen molar-refractivity contribution in [2.45, 2.75) is 0 Å². The first-order valence-electron chi connectivity index (χ1n) is 39.4. The Labute approximate surface area is 690 Å². The topological polar surface area (TPSA) is 193 Å². The minimum Gasteiger partial charge on any atom is -0.245 e. The molecular formula is C105H65N15. The Hall–Kier alpha value is -16.7. The molecule has 0 aliphatic heterocycles. The molecule has 0 atom stereocenters. The zero-order valence-corrected chi connectivity index (χ0v) is 64.2. The van der Waals surface area contributed by atoms with Gasteiger partial charge in [-0.1, -0.05) is 340 Å². The quantitative estimate of drug-likeness (QED) is 0.0835. The van der Waals surface area contributed by atoms with Gasteiger partial charge in [-0.3, -0.25) is 0 Å². The highest BCUT2D eigenvalue weighted by Crippen LogP contribution is 2.46. The Morgan fingerprint density at radius 1 is 0.150 bits per heavy atom. The molecule has 0 aliphatic rings. The first-order chi connectivity index (χ1) is 59.5. The molecule has 0 saturated carbocycles. The van der Waals surface area contributed by atoms with Crippen LogP contribution in [0.4, 0.5) is 0 Å². The van der Waals surface area contributed by atoms with Gasteiger partial charge in [0.15, 0.2) is 58.2 Å². The molecule has 21 rings (SSSR count). The molecule has 15 heteroatoms. The average molecular weight is 1540 g/mol. The first-order valence-corrected chi connectivity index (χ1v) is 39.4. The fourth-order valence-electron chi connectivity index (χ4n) is 16.0. The van der Waals surface area contributed by atoms with Crippen molar-refractivity contribution < 1.29 is 0 Å². The largest absolute Gasteiger partial charge is 0.245 e. The molecule has 0 spiro atoms. The highest BCUT2D eigenvalue weighted by atomic mass is 15.1. The standard InChI is InChI=1S/C105H65N15/c1-5-18-74(19-6-1)97-112-98(75-20-7-2-8-21-75)117-104(116-97)90-32-15-30-88-83(55-57-86(95(88)90)71-38-46-72(47-39-71)92-58-61-106-65-111-92)68-42-52-80(53-43-68)102-114-100(77-24-11-4-12-25-77)118-105(120-102)91-33-16-29-87-82(54-56-85(94(87)91)70-36-34-66(35-37-70)81-62-107-64-108-63-81)67-40-50-79(51-41-67)101-113-99(76-22-9-3-10-23-76)115-103(119-101)89-31-14-27-73-26-13-28-84(93(73)89)69-44-48-78(49-45-69)96-109-59-17-60-110-96/h1-65H. The summed E-state index contributed by atoms with van der Waals surface area (Å²) in [7, 11) is 0. The van der Waals surface area contributed by atoms with Gasteiger partial charge >= 0.3 is 0 Å². The van der Waals surface area contributed by atoms with E-state index in [0.29, 0.717) is 58.2 Å². The molecule has 0 aliphatic carbocycles. The average Bonchev–Trinajstić information content (AvgIpc) is 0.763. The van der Waals surface area contributed by atoms with Crippen LogP contribution in [-0.4, -0.2) is 74.8 Å². The fraction of sp³-hybridized carbons (Fsp3) is 0. The van der Waals surface area contributed by atoms with Crippen LogP contribution < -0.4 is 0 Å². The molecule has 6 aromatic heterocycles. The Kier molecular flexibility index (Phi) is 18.5. The smallest absolute Gasteiger partial charge is 0.164 e. The summed E-state index contributed by atoms with van der Waals surface area (Å²) >= 11 is 0. The fourth-order valence-corrected chi connectivity index (χ4v) is 16.0. The summed E-state index contributed by atoms with van der Waals surface area (Å²) < 4.78 is 0. The lowest BCUT2D eigenvalue weighted by Gasteiger charge is -2.17. The van der Waals surface area contributed by atoms with Crippen LogP contribution in [0.3, 0.4) is 0 Å². The Morgan fingerprint density at radius 3 is 0.850 bits per heavy atom. The van der Waals surface area contributed by atoms with Gasteiger partial charge in [0, 0.05) is 114 Å². The Morgan fingerprint density at radius 2 is 0.458 bits per heavy atom. The molecule has 15 nitrogen and oxygen atoms in total. The van der Waals surface area contributed by atoms with Crippen molar-refractivity contribution in [2.75, 3.05) is 0 Å². The predicted molar refractivity (Wildman–Crippen MR) is 478 cm³/mol. The van der Waals surface area contributed by atoms with Crippen molar-refractivity contribution >= 4 is 32.3 Å². The van der Waals surface area contributed by atoms with E-state index < -0.39 is 0 Å². The molecule has 0 fully saturated rings. The molecule has 0 N–H and O–H groups in total. The summed E-state index contributed by atoms with van der Waals surface area (Å²) in [6, 6.07) is 121. The van der Waals surface area contributed by atoms with Gasteiger partial charge in [0.2, 0.25) is 0 Å². The van der Waals surface area contributed by atoms with Crippen LogP contribution in [0, 0.1) is 0 Å². The van der Waals surface area contributed by atoms with Crippen LogP contribution in [0.1, 0.15) is 0 Å². The van der Waals surface area contributed by atoms with Gasteiger partial charge in [-0.2, -0.15) is 0 Å². The van der Waals surface area contributed by atoms with E-state index in [-0.39, 0.29) is 0 Å². The Balaban J connectivity index is 0.682. The number of rotatable bonds is 17.